The second-order valence-electron chi connectivity index (χ2n) is 7.87. The van der Waals surface area contributed by atoms with Crippen molar-refractivity contribution in [3.05, 3.63) is 54.4 Å². The van der Waals surface area contributed by atoms with E-state index in [0.717, 1.165) is 16.5 Å². The van der Waals surface area contributed by atoms with Gasteiger partial charge in [-0.15, -0.1) is 0 Å². The van der Waals surface area contributed by atoms with Crippen LogP contribution in [0.5, 0.6) is 0 Å². The third kappa shape index (κ3) is 4.06. The van der Waals surface area contributed by atoms with E-state index in [4.69, 9.17) is 0 Å². The molecule has 7 heteroatoms. The summed E-state index contributed by atoms with van der Waals surface area (Å²) in [4.78, 5) is 43.2. The highest BCUT2D eigenvalue weighted by Gasteiger charge is 2.43. The van der Waals surface area contributed by atoms with Crippen molar-refractivity contribution in [3.8, 4) is 0 Å². The van der Waals surface area contributed by atoms with Gasteiger partial charge in [-0.2, -0.15) is 0 Å². The molecule has 2 amide bonds. The van der Waals surface area contributed by atoms with Gasteiger partial charge in [-0.3, -0.25) is 14.6 Å². The molecule has 1 aromatic heterocycles. The van der Waals surface area contributed by atoms with Crippen molar-refractivity contribution in [1.82, 2.24) is 15.2 Å². The molecular formula is C23H25N3O4. The van der Waals surface area contributed by atoms with Crippen LogP contribution in [0.4, 0.5) is 0 Å². The number of nitrogens with zero attached hydrogens (tertiary/aromatic N) is 2. The fourth-order valence-corrected chi connectivity index (χ4v) is 4.46. The molecule has 7 nitrogen and oxygen atoms in total. The smallest absolute Gasteiger partial charge is 0.326 e. The van der Waals surface area contributed by atoms with E-state index < -0.39 is 18.1 Å². The summed E-state index contributed by atoms with van der Waals surface area (Å²) in [5.41, 5.74) is 0.845. The van der Waals surface area contributed by atoms with E-state index in [0.29, 0.717) is 32.1 Å². The molecule has 4 rings (SSSR count). The number of hydrogen-bond acceptors (Lipinski definition) is 4. The summed E-state index contributed by atoms with van der Waals surface area (Å²) in [6.45, 7) is 0. The fourth-order valence-electron chi connectivity index (χ4n) is 4.46. The Balaban J connectivity index is 1.44. The number of aromatic nitrogens is 1. The van der Waals surface area contributed by atoms with E-state index in [1.54, 1.807) is 6.20 Å². The molecule has 0 aliphatic carbocycles. The zero-order chi connectivity index (χ0) is 21.1. The van der Waals surface area contributed by atoms with Gasteiger partial charge >= 0.3 is 5.97 Å². The van der Waals surface area contributed by atoms with Gasteiger partial charge in [0.15, 0.2) is 0 Å². The van der Waals surface area contributed by atoms with Crippen molar-refractivity contribution in [1.29, 1.82) is 0 Å². The Labute approximate surface area is 174 Å². The SMILES string of the molecule is O=C(CCc1nccc2ccccc12)NC1C/C=C\CC2CCC(C(=O)O)N2C1=O. The fraction of sp³-hybridized carbons (Fsp3) is 0.391. The number of carboxylic acid groups (broad SMARTS) is 1. The van der Waals surface area contributed by atoms with Crippen LogP contribution in [0.2, 0.25) is 0 Å². The summed E-state index contributed by atoms with van der Waals surface area (Å²) >= 11 is 0. The molecule has 2 aliphatic rings. The molecule has 1 fully saturated rings. The average molecular weight is 407 g/mol. The van der Waals surface area contributed by atoms with Gasteiger partial charge in [-0.05, 0) is 43.6 Å². The predicted molar refractivity (Wildman–Crippen MR) is 112 cm³/mol. The minimum absolute atomic E-state index is 0.116. The van der Waals surface area contributed by atoms with Crippen LogP contribution >= 0.6 is 0 Å². The Hall–Kier alpha value is -3.22. The number of carboxylic acids is 1. The molecule has 3 heterocycles. The first-order valence-electron chi connectivity index (χ1n) is 10.4. The highest BCUT2D eigenvalue weighted by molar-refractivity contribution is 5.91. The number of carbonyl (C=O) groups excluding carboxylic acids is 2. The number of hydrogen-bond donors (Lipinski definition) is 2. The number of aliphatic carboxylic acids is 1. The molecule has 1 saturated heterocycles. The Bertz CT molecular complexity index is 998. The molecule has 0 radical (unpaired) electrons. The van der Waals surface area contributed by atoms with Gasteiger partial charge in [0.05, 0.1) is 0 Å². The maximum Gasteiger partial charge on any atom is 0.326 e. The number of fused-ring (bicyclic) bond motifs is 2. The highest BCUT2D eigenvalue weighted by Crippen LogP contribution is 2.29. The number of carbonyl (C=O) groups is 3. The molecule has 3 unspecified atom stereocenters. The molecule has 0 bridgehead atoms. The van der Waals surface area contributed by atoms with Crippen molar-refractivity contribution in [2.24, 2.45) is 0 Å². The Morgan fingerprint density at radius 3 is 2.77 bits per heavy atom. The van der Waals surface area contributed by atoms with Gasteiger partial charge < -0.3 is 15.3 Å². The largest absolute Gasteiger partial charge is 0.480 e. The number of aryl methyl sites for hydroxylation is 1. The number of amides is 2. The van der Waals surface area contributed by atoms with Crippen molar-refractivity contribution >= 4 is 28.6 Å². The standard InChI is InChI=1S/C23H25N3O4/c27-21(12-10-18-17-7-3-1-5-15(17)13-14-24-18)25-19-8-4-2-6-16-9-11-20(23(29)30)26(16)22(19)28/h1-5,7,13-14,16,19-20H,6,8-12H2,(H,25,27)(H,29,30)/b4-2-. The third-order valence-electron chi connectivity index (χ3n) is 5.97. The number of rotatable bonds is 5. The topological polar surface area (TPSA) is 99.6 Å². The molecule has 2 aromatic rings. The quantitative estimate of drug-likeness (QED) is 0.742. The predicted octanol–water partition coefficient (Wildman–Crippen LogP) is 2.45. The van der Waals surface area contributed by atoms with E-state index >= 15 is 0 Å². The maximum atomic E-state index is 13.1. The zero-order valence-electron chi connectivity index (χ0n) is 16.7. The van der Waals surface area contributed by atoms with Gasteiger partial charge in [-0.1, -0.05) is 36.4 Å². The van der Waals surface area contributed by atoms with Gasteiger partial charge in [0, 0.05) is 29.7 Å². The second kappa shape index (κ2) is 8.65. The lowest BCUT2D eigenvalue weighted by Crippen LogP contribution is -2.54. The van der Waals surface area contributed by atoms with Crippen LogP contribution in [0.1, 0.15) is 37.8 Å². The van der Waals surface area contributed by atoms with Crippen molar-refractivity contribution in [2.45, 2.75) is 56.7 Å². The zero-order valence-corrected chi connectivity index (χ0v) is 16.7. The minimum Gasteiger partial charge on any atom is -0.480 e. The van der Waals surface area contributed by atoms with Crippen LogP contribution in [-0.2, 0) is 20.8 Å². The molecule has 2 aliphatic heterocycles. The van der Waals surface area contributed by atoms with Gasteiger partial charge in [-0.25, -0.2) is 4.79 Å². The van der Waals surface area contributed by atoms with Crippen LogP contribution in [0.15, 0.2) is 48.7 Å². The van der Waals surface area contributed by atoms with Crippen LogP contribution < -0.4 is 5.32 Å². The van der Waals surface area contributed by atoms with Crippen molar-refractivity contribution < 1.29 is 19.5 Å². The van der Waals surface area contributed by atoms with Crippen LogP contribution in [0, 0.1) is 0 Å². The molecule has 1 aromatic carbocycles. The number of pyridine rings is 1. The first kappa shape index (κ1) is 20.1. The van der Waals surface area contributed by atoms with Gasteiger partial charge in [0.25, 0.3) is 0 Å². The monoisotopic (exact) mass is 407 g/mol. The molecule has 2 N–H and O–H groups in total. The summed E-state index contributed by atoms with van der Waals surface area (Å²) in [5, 5.41) is 14.4. The first-order valence-corrected chi connectivity index (χ1v) is 10.4. The van der Waals surface area contributed by atoms with Crippen LogP contribution in [0.3, 0.4) is 0 Å². The molecule has 3 atom stereocenters. The molecule has 0 saturated carbocycles. The molecule has 0 spiro atoms. The summed E-state index contributed by atoms with van der Waals surface area (Å²) in [6.07, 6.45) is 8.43. The average Bonchev–Trinajstić information content (AvgIpc) is 3.16. The van der Waals surface area contributed by atoms with Crippen molar-refractivity contribution in [2.75, 3.05) is 0 Å². The third-order valence-corrected chi connectivity index (χ3v) is 5.97. The Kier molecular flexibility index (Phi) is 5.79. The lowest BCUT2D eigenvalue weighted by atomic mass is 10.0. The van der Waals surface area contributed by atoms with Crippen LogP contribution in [-0.4, -0.2) is 50.9 Å². The summed E-state index contributed by atoms with van der Waals surface area (Å²) in [6, 6.07) is 8.16. The van der Waals surface area contributed by atoms with E-state index in [-0.39, 0.29) is 24.3 Å². The number of benzene rings is 1. The maximum absolute atomic E-state index is 13.1. The first-order chi connectivity index (χ1) is 14.5. The van der Waals surface area contributed by atoms with E-state index in [2.05, 4.69) is 10.3 Å². The minimum atomic E-state index is -0.984. The van der Waals surface area contributed by atoms with Crippen LogP contribution in [0.25, 0.3) is 10.8 Å². The summed E-state index contributed by atoms with van der Waals surface area (Å²) in [7, 11) is 0. The second-order valence-corrected chi connectivity index (χ2v) is 7.87. The lowest BCUT2D eigenvalue weighted by molar-refractivity contribution is -0.151. The summed E-state index contributed by atoms with van der Waals surface area (Å²) < 4.78 is 0. The highest BCUT2D eigenvalue weighted by atomic mass is 16.4. The normalized spacial score (nSPS) is 24.7. The van der Waals surface area contributed by atoms with Crippen molar-refractivity contribution in [3.63, 3.8) is 0 Å². The van der Waals surface area contributed by atoms with E-state index in [1.165, 1.54) is 4.90 Å². The van der Waals surface area contributed by atoms with E-state index in [9.17, 15) is 19.5 Å². The number of nitrogens with one attached hydrogen (secondary N) is 1. The Morgan fingerprint density at radius 1 is 1.13 bits per heavy atom. The molecule has 156 valence electrons. The lowest BCUT2D eigenvalue weighted by Gasteiger charge is -2.32. The molecule has 30 heavy (non-hydrogen) atoms. The van der Waals surface area contributed by atoms with E-state index in [1.807, 2.05) is 42.5 Å². The van der Waals surface area contributed by atoms with Gasteiger partial charge in [0.1, 0.15) is 12.1 Å². The molecular weight excluding hydrogens is 382 g/mol. The summed E-state index contributed by atoms with van der Waals surface area (Å²) in [5.74, 6) is -1.52. The Morgan fingerprint density at radius 2 is 1.93 bits per heavy atom. The van der Waals surface area contributed by atoms with Gasteiger partial charge in [0.2, 0.25) is 11.8 Å².